The molecular weight excluding hydrogens is 236 g/mol. The van der Waals surface area contributed by atoms with Crippen molar-refractivity contribution in [2.75, 3.05) is 0 Å². The van der Waals surface area contributed by atoms with E-state index in [0.717, 1.165) is 29.3 Å². The smallest absolute Gasteiger partial charge is 0.252 e. The van der Waals surface area contributed by atoms with Gasteiger partial charge in [0.15, 0.2) is 0 Å². The first-order valence-electron chi connectivity index (χ1n) is 6.95. The van der Waals surface area contributed by atoms with Crippen LogP contribution < -0.4 is 5.32 Å². The largest absolute Gasteiger partial charge is 0.361 e. The second kappa shape index (κ2) is 5.91. The highest BCUT2D eigenvalue weighted by Gasteiger charge is 2.13. The highest BCUT2D eigenvalue weighted by atomic mass is 16.1. The molecule has 2 N–H and O–H groups in total. The highest BCUT2D eigenvalue weighted by Crippen LogP contribution is 2.17. The Kier molecular flexibility index (Phi) is 4.25. The van der Waals surface area contributed by atoms with Gasteiger partial charge in [0.2, 0.25) is 0 Å². The van der Waals surface area contributed by atoms with Gasteiger partial charge in [-0.1, -0.05) is 19.9 Å². The van der Waals surface area contributed by atoms with E-state index in [1.54, 1.807) is 0 Å². The van der Waals surface area contributed by atoms with Crippen molar-refractivity contribution >= 4 is 16.8 Å². The summed E-state index contributed by atoms with van der Waals surface area (Å²) in [4.78, 5) is 15.4. The van der Waals surface area contributed by atoms with E-state index >= 15 is 0 Å². The third-order valence-electron chi connectivity index (χ3n) is 3.39. The molecule has 3 nitrogen and oxygen atoms in total. The van der Waals surface area contributed by atoms with Gasteiger partial charge in [-0.3, -0.25) is 4.79 Å². The van der Waals surface area contributed by atoms with Crippen LogP contribution in [0.2, 0.25) is 0 Å². The number of fused-ring (bicyclic) bond motifs is 1. The molecule has 1 unspecified atom stereocenters. The van der Waals surface area contributed by atoms with Crippen LogP contribution in [0.3, 0.4) is 0 Å². The molecule has 19 heavy (non-hydrogen) atoms. The Labute approximate surface area is 114 Å². The number of H-pyrrole nitrogens is 1. The summed E-state index contributed by atoms with van der Waals surface area (Å²) < 4.78 is 0. The van der Waals surface area contributed by atoms with Crippen LogP contribution >= 0.6 is 0 Å². The summed E-state index contributed by atoms with van der Waals surface area (Å²) in [7, 11) is 0. The molecule has 0 aliphatic rings. The summed E-state index contributed by atoms with van der Waals surface area (Å²) in [6.07, 6.45) is 4.02. The molecule has 1 heterocycles. The summed E-state index contributed by atoms with van der Waals surface area (Å²) >= 11 is 0. The quantitative estimate of drug-likeness (QED) is 0.843. The number of carbonyl (C=O) groups is 1. The maximum absolute atomic E-state index is 12.3. The monoisotopic (exact) mass is 258 g/mol. The standard InChI is InChI=1S/C16H22N2O/c1-11(2)7-8-12(3)18-16(19)14-5-4-6-15-13(14)9-10-17-15/h4-6,9-12,17H,7-8H2,1-3H3,(H,18,19). The lowest BCUT2D eigenvalue weighted by Gasteiger charge is -2.15. The number of hydrogen-bond donors (Lipinski definition) is 2. The number of nitrogens with one attached hydrogen (secondary N) is 2. The Morgan fingerprint density at radius 1 is 1.21 bits per heavy atom. The fourth-order valence-corrected chi connectivity index (χ4v) is 2.24. The summed E-state index contributed by atoms with van der Waals surface area (Å²) in [6.45, 7) is 6.47. The molecule has 0 bridgehead atoms. The zero-order valence-corrected chi connectivity index (χ0v) is 11.9. The molecule has 1 aromatic carbocycles. The SMILES string of the molecule is CC(C)CCC(C)NC(=O)c1cccc2[nH]ccc12. The molecule has 1 aromatic heterocycles. The molecule has 0 radical (unpaired) electrons. The number of amides is 1. The number of benzene rings is 1. The summed E-state index contributed by atoms with van der Waals surface area (Å²) in [5, 5.41) is 4.06. The van der Waals surface area contributed by atoms with Gasteiger partial charge in [-0.15, -0.1) is 0 Å². The number of aromatic amines is 1. The summed E-state index contributed by atoms with van der Waals surface area (Å²) in [6, 6.07) is 7.92. The summed E-state index contributed by atoms with van der Waals surface area (Å²) in [5.74, 6) is 0.689. The molecule has 102 valence electrons. The van der Waals surface area contributed by atoms with Gasteiger partial charge in [-0.05, 0) is 43.9 Å². The fourth-order valence-electron chi connectivity index (χ4n) is 2.24. The minimum absolute atomic E-state index is 0.0152. The number of carbonyl (C=O) groups excluding carboxylic acids is 1. The molecule has 0 aliphatic heterocycles. The number of rotatable bonds is 5. The van der Waals surface area contributed by atoms with E-state index in [9.17, 15) is 4.79 Å². The van der Waals surface area contributed by atoms with E-state index in [1.807, 2.05) is 30.5 Å². The van der Waals surface area contributed by atoms with Gasteiger partial charge in [-0.25, -0.2) is 0 Å². The average Bonchev–Trinajstić information content (AvgIpc) is 2.84. The van der Waals surface area contributed by atoms with Crippen molar-refractivity contribution in [2.24, 2.45) is 5.92 Å². The fraction of sp³-hybridized carbons (Fsp3) is 0.438. The number of hydrogen-bond acceptors (Lipinski definition) is 1. The van der Waals surface area contributed by atoms with Crippen LogP contribution in [0.15, 0.2) is 30.5 Å². The molecule has 0 saturated heterocycles. The van der Waals surface area contributed by atoms with Crippen LogP contribution in [-0.2, 0) is 0 Å². The van der Waals surface area contributed by atoms with Gasteiger partial charge in [0.1, 0.15) is 0 Å². The predicted molar refractivity (Wildman–Crippen MR) is 79.3 cm³/mol. The van der Waals surface area contributed by atoms with Gasteiger partial charge in [0.25, 0.3) is 5.91 Å². The lowest BCUT2D eigenvalue weighted by Crippen LogP contribution is -2.32. The molecule has 0 aliphatic carbocycles. The van der Waals surface area contributed by atoms with Crippen LogP contribution in [-0.4, -0.2) is 16.9 Å². The van der Waals surface area contributed by atoms with E-state index in [2.05, 4.69) is 31.1 Å². The molecule has 0 saturated carbocycles. The Morgan fingerprint density at radius 2 is 2.00 bits per heavy atom. The van der Waals surface area contributed by atoms with E-state index < -0.39 is 0 Å². The van der Waals surface area contributed by atoms with Crippen molar-refractivity contribution in [3.8, 4) is 0 Å². The van der Waals surface area contributed by atoms with Crippen LogP contribution in [0, 0.1) is 5.92 Å². The zero-order chi connectivity index (χ0) is 13.8. The van der Waals surface area contributed by atoms with E-state index in [-0.39, 0.29) is 11.9 Å². The van der Waals surface area contributed by atoms with Crippen LogP contribution in [0.25, 0.3) is 10.9 Å². The van der Waals surface area contributed by atoms with E-state index in [4.69, 9.17) is 0 Å². The summed E-state index contributed by atoms with van der Waals surface area (Å²) in [5.41, 5.74) is 1.75. The molecule has 0 fully saturated rings. The topological polar surface area (TPSA) is 44.9 Å². The highest BCUT2D eigenvalue weighted by molar-refractivity contribution is 6.06. The maximum atomic E-state index is 12.3. The maximum Gasteiger partial charge on any atom is 0.252 e. The lowest BCUT2D eigenvalue weighted by atomic mass is 10.0. The third-order valence-corrected chi connectivity index (χ3v) is 3.39. The van der Waals surface area contributed by atoms with Gasteiger partial charge in [0, 0.05) is 28.7 Å². The molecule has 1 atom stereocenters. The first kappa shape index (κ1) is 13.7. The van der Waals surface area contributed by atoms with Gasteiger partial charge in [-0.2, -0.15) is 0 Å². The molecule has 0 spiro atoms. The zero-order valence-electron chi connectivity index (χ0n) is 11.9. The van der Waals surface area contributed by atoms with Crippen molar-refractivity contribution < 1.29 is 4.79 Å². The van der Waals surface area contributed by atoms with E-state index in [0.29, 0.717) is 5.92 Å². The van der Waals surface area contributed by atoms with Gasteiger partial charge < -0.3 is 10.3 Å². The van der Waals surface area contributed by atoms with Crippen molar-refractivity contribution in [1.82, 2.24) is 10.3 Å². The Hall–Kier alpha value is -1.77. The molecule has 3 heteroatoms. The average molecular weight is 258 g/mol. The third kappa shape index (κ3) is 3.37. The lowest BCUT2D eigenvalue weighted by molar-refractivity contribution is 0.0939. The van der Waals surface area contributed by atoms with Crippen molar-refractivity contribution in [2.45, 2.75) is 39.7 Å². The van der Waals surface area contributed by atoms with Crippen LogP contribution in [0.4, 0.5) is 0 Å². The number of aromatic nitrogens is 1. The van der Waals surface area contributed by atoms with Crippen LogP contribution in [0.5, 0.6) is 0 Å². The van der Waals surface area contributed by atoms with Crippen LogP contribution in [0.1, 0.15) is 44.0 Å². The molecule has 1 amide bonds. The Bertz CT molecular complexity index is 557. The predicted octanol–water partition coefficient (Wildman–Crippen LogP) is 3.72. The van der Waals surface area contributed by atoms with E-state index in [1.165, 1.54) is 0 Å². The molecule has 2 rings (SSSR count). The molecular formula is C16H22N2O. The van der Waals surface area contributed by atoms with Gasteiger partial charge >= 0.3 is 0 Å². The Balaban J connectivity index is 2.05. The Morgan fingerprint density at radius 3 is 2.74 bits per heavy atom. The first-order chi connectivity index (χ1) is 9.08. The second-order valence-corrected chi connectivity index (χ2v) is 5.59. The second-order valence-electron chi connectivity index (χ2n) is 5.59. The van der Waals surface area contributed by atoms with Crippen molar-refractivity contribution in [3.05, 3.63) is 36.0 Å². The van der Waals surface area contributed by atoms with Crippen molar-refractivity contribution in [3.63, 3.8) is 0 Å². The molecule has 2 aromatic rings. The normalized spacial score (nSPS) is 12.8. The van der Waals surface area contributed by atoms with Gasteiger partial charge in [0.05, 0.1) is 0 Å². The first-order valence-corrected chi connectivity index (χ1v) is 6.95. The minimum atomic E-state index is 0.0152. The minimum Gasteiger partial charge on any atom is -0.361 e. The van der Waals surface area contributed by atoms with Crippen molar-refractivity contribution in [1.29, 1.82) is 0 Å².